The summed E-state index contributed by atoms with van der Waals surface area (Å²) in [5, 5.41) is 9.36. The topological polar surface area (TPSA) is 70.1 Å². The molecule has 0 fully saturated rings. The average molecular weight is 380 g/mol. The van der Waals surface area contributed by atoms with Crippen LogP contribution in [-0.4, -0.2) is 49.1 Å². The minimum atomic E-state index is -0.413. The van der Waals surface area contributed by atoms with Crippen LogP contribution in [-0.2, 0) is 9.59 Å². The molecule has 6 nitrogen and oxygen atoms in total. The van der Waals surface area contributed by atoms with E-state index in [9.17, 15) is 14.7 Å². The van der Waals surface area contributed by atoms with Gasteiger partial charge in [0.15, 0.2) is 0 Å². The van der Waals surface area contributed by atoms with E-state index in [4.69, 9.17) is 4.74 Å². The summed E-state index contributed by atoms with van der Waals surface area (Å²) in [6.07, 6.45) is 0. The van der Waals surface area contributed by atoms with Crippen molar-refractivity contribution in [2.75, 3.05) is 32.2 Å². The number of nitrogens with zero attached hydrogens (tertiary/aromatic N) is 2. The average Bonchev–Trinajstić information content (AvgIpc) is 2.92. The fourth-order valence-corrected chi connectivity index (χ4v) is 3.46. The standard InChI is InChI=1S/C22H24N2O4/c1-14-8-9-18(15(2)12-14)19-20(23(3)10-11-25)22(27)24(21(19)26)16-6-5-7-17(13-16)28-4/h5-9,12-13,25H,10-11H2,1-4H3. The molecule has 0 saturated heterocycles. The molecule has 6 heteroatoms. The van der Waals surface area contributed by atoms with Crippen LogP contribution in [0.2, 0.25) is 0 Å². The number of likely N-dealkylation sites (N-methyl/N-ethyl adjacent to an activating group) is 1. The monoisotopic (exact) mass is 380 g/mol. The maximum Gasteiger partial charge on any atom is 0.282 e. The first-order chi connectivity index (χ1) is 13.4. The number of amides is 2. The van der Waals surface area contributed by atoms with Crippen molar-refractivity contribution < 1.29 is 19.4 Å². The Hall–Kier alpha value is -3.12. The van der Waals surface area contributed by atoms with Gasteiger partial charge in [-0.2, -0.15) is 0 Å². The minimum absolute atomic E-state index is 0.124. The second kappa shape index (κ2) is 7.86. The zero-order chi connectivity index (χ0) is 20.4. The predicted octanol–water partition coefficient (Wildman–Crippen LogP) is 2.52. The van der Waals surface area contributed by atoms with Crippen molar-refractivity contribution in [1.82, 2.24) is 4.90 Å². The van der Waals surface area contributed by atoms with Crippen LogP contribution in [0.25, 0.3) is 5.57 Å². The normalized spacial score (nSPS) is 14.1. The largest absolute Gasteiger partial charge is 0.497 e. The van der Waals surface area contributed by atoms with Crippen LogP contribution in [0.3, 0.4) is 0 Å². The molecule has 0 aliphatic carbocycles. The van der Waals surface area contributed by atoms with Gasteiger partial charge in [-0.05, 0) is 37.1 Å². The van der Waals surface area contributed by atoms with Gasteiger partial charge in [-0.3, -0.25) is 9.59 Å². The van der Waals surface area contributed by atoms with Gasteiger partial charge in [0.2, 0.25) is 0 Å². The summed E-state index contributed by atoms with van der Waals surface area (Å²) in [6.45, 7) is 4.02. The summed E-state index contributed by atoms with van der Waals surface area (Å²) in [5.41, 5.74) is 3.79. The van der Waals surface area contributed by atoms with Crippen LogP contribution >= 0.6 is 0 Å². The molecule has 146 valence electrons. The number of ether oxygens (including phenoxy) is 1. The molecule has 1 aliphatic heterocycles. The Labute approximate surface area is 164 Å². The van der Waals surface area contributed by atoms with Crippen molar-refractivity contribution in [3.8, 4) is 5.75 Å². The highest BCUT2D eigenvalue weighted by Crippen LogP contribution is 2.36. The number of rotatable bonds is 6. The number of anilines is 1. The van der Waals surface area contributed by atoms with Crippen molar-refractivity contribution >= 4 is 23.1 Å². The van der Waals surface area contributed by atoms with Crippen molar-refractivity contribution in [1.29, 1.82) is 0 Å². The summed E-state index contributed by atoms with van der Waals surface area (Å²) in [4.78, 5) is 29.5. The van der Waals surface area contributed by atoms with E-state index < -0.39 is 5.91 Å². The molecule has 3 rings (SSSR count). The minimum Gasteiger partial charge on any atom is -0.497 e. The molecule has 1 aliphatic rings. The molecule has 0 atom stereocenters. The number of carbonyl (C=O) groups excluding carboxylic acids is 2. The lowest BCUT2D eigenvalue weighted by Crippen LogP contribution is -2.34. The molecule has 28 heavy (non-hydrogen) atoms. The summed E-state index contributed by atoms with van der Waals surface area (Å²) >= 11 is 0. The lowest BCUT2D eigenvalue weighted by atomic mass is 9.97. The number of aliphatic hydroxyl groups is 1. The Morgan fingerprint density at radius 2 is 1.82 bits per heavy atom. The Balaban J connectivity index is 2.16. The number of aliphatic hydroxyl groups excluding tert-OH is 1. The summed E-state index contributed by atoms with van der Waals surface area (Å²) in [6, 6.07) is 12.6. The molecule has 0 spiro atoms. The molecule has 2 aromatic rings. The highest BCUT2D eigenvalue weighted by molar-refractivity contribution is 6.45. The fourth-order valence-electron chi connectivity index (χ4n) is 3.46. The van der Waals surface area contributed by atoms with E-state index in [1.165, 1.54) is 12.0 Å². The molecule has 1 heterocycles. The first-order valence-electron chi connectivity index (χ1n) is 9.05. The predicted molar refractivity (Wildman–Crippen MR) is 108 cm³/mol. The molecule has 0 unspecified atom stereocenters. The molecule has 2 aromatic carbocycles. The highest BCUT2D eigenvalue weighted by atomic mass is 16.5. The third kappa shape index (κ3) is 3.39. The third-order valence-electron chi connectivity index (χ3n) is 4.84. The van der Waals surface area contributed by atoms with E-state index in [0.717, 1.165) is 11.1 Å². The Bertz CT molecular complexity index is 965. The third-order valence-corrected chi connectivity index (χ3v) is 4.84. The second-order valence-electron chi connectivity index (χ2n) is 6.83. The van der Waals surface area contributed by atoms with Gasteiger partial charge in [-0.15, -0.1) is 0 Å². The van der Waals surface area contributed by atoms with Gasteiger partial charge in [0, 0.05) is 19.7 Å². The molecule has 2 amide bonds. The molecular formula is C22H24N2O4. The van der Waals surface area contributed by atoms with Crippen LogP contribution in [0, 0.1) is 13.8 Å². The molecule has 1 N–H and O–H groups in total. The van der Waals surface area contributed by atoms with Gasteiger partial charge in [-0.25, -0.2) is 4.90 Å². The number of hydrogen-bond donors (Lipinski definition) is 1. The number of carbonyl (C=O) groups is 2. The van der Waals surface area contributed by atoms with Gasteiger partial charge in [0.05, 0.1) is 25.0 Å². The SMILES string of the molecule is COc1cccc(N2C(=O)C(c3ccc(C)cc3C)=C(N(C)CCO)C2=O)c1. The second-order valence-corrected chi connectivity index (χ2v) is 6.83. The van der Waals surface area contributed by atoms with Crippen LogP contribution < -0.4 is 9.64 Å². The van der Waals surface area contributed by atoms with Crippen LogP contribution in [0.4, 0.5) is 5.69 Å². The van der Waals surface area contributed by atoms with Crippen LogP contribution in [0.5, 0.6) is 5.75 Å². The van der Waals surface area contributed by atoms with E-state index in [1.807, 2.05) is 32.0 Å². The van der Waals surface area contributed by atoms with E-state index in [0.29, 0.717) is 22.6 Å². The molecular weight excluding hydrogens is 356 g/mol. The van der Waals surface area contributed by atoms with Crippen molar-refractivity contribution in [2.24, 2.45) is 0 Å². The van der Waals surface area contributed by atoms with E-state index in [2.05, 4.69) is 0 Å². The Morgan fingerprint density at radius 3 is 2.46 bits per heavy atom. The van der Waals surface area contributed by atoms with Gasteiger partial charge >= 0.3 is 0 Å². The molecule has 0 radical (unpaired) electrons. The highest BCUT2D eigenvalue weighted by Gasteiger charge is 2.42. The number of methoxy groups -OCH3 is 1. The first kappa shape index (κ1) is 19.6. The summed E-state index contributed by atoms with van der Waals surface area (Å²) < 4.78 is 5.24. The Morgan fingerprint density at radius 1 is 1.07 bits per heavy atom. The zero-order valence-corrected chi connectivity index (χ0v) is 16.5. The maximum absolute atomic E-state index is 13.4. The zero-order valence-electron chi connectivity index (χ0n) is 16.5. The number of aryl methyl sites for hydroxylation is 2. The van der Waals surface area contributed by atoms with Crippen LogP contribution in [0.1, 0.15) is 16.7 Å². The molecule has 0 aromatic heterocycles. The summed E-state index contributed by atoms with van der Waals surface area (Å²) in [5.74, 6) is -0.238. The van der Waals surface area contributed by atoms with Crippen molar-refractivity contribution in [3.05, 3.63) is 64.9 Å². The van der Waals surface area contributed by atoms with Gasteiger partial charge in [0.25, 0.3) is 11.8 Å². The van der Waals surface area contributed by atoms with Gasteiger partial charge < -0.3 is 14.7 Å². The maximum atomic E-state index is 13.4. The van der Waals surface area contributed by atoms with Crippen molar-refractivity contribution in [2.45, 2.75) is 13.8 Å². The van der Waals surface area contributed by atoms with E-state index >= 15 is 0 Å². The lowest BCUT2D eigenvalue weighted by Gasteiger charge is -2.20. The van der Waals surface area contributed by atoms with Crippen molar-refractivity contribution in [3.63, 3.8) is 0 Å². The number of benzene rings is 2. The molecule has 0 saturated carbocycles. The number of hydrogen-bond acceptors (Lipinski definition) is 5. The number of imide groups is 1. The first-order valence-corrected chi connectivity index (χ1v) is 9.05. The van der Waals surface area contributed by atoms with Gasteiger partial charge in [0.1, 0.15) is 11.4 Å². The van der Waals surface area contributed by atoms with Gasteiger partial charge in [-0.1, -0.05) is 29.8 Å². The quantitative estimate of drug-likeness (QED) is 0.780. The van der Waals surface area contributed by atoms with E-state index in [-0.39, 0.29) is 24.8 Å². The lowest BCUT2D eigenvalue weighted by molar-refractivity contribution is -0.120. The molecule has 0 bridgehead atoms. The van der Waals surface area contributed by atoms with E-state index in [1.54, 1.807) is 36.2 Å². The smallest absolute Gasteiger partial charge is 0.282 e. The fraction of sp³-hybridized carbons (Fsp3) is 0.273. The summed E-state index contributed by atoms with van der Waals surface area (Å²) in [7, 11) is 3.24. The Kier molecular flexibility index (Phi) is 5.51. The van der Waals surface area contributed by atoms with Crippen LogP contribution in [0.15, 0.2) is 48.2 Å².